The van der Waals surface area contributed by atoms with Gasteiger partial charge in [-0.25, -0.2) is 14.8 Å². The number of benzene rings is 1. The van der Waals surface area contributed by atoms with Crippen LogP contribution in [0.25, 0.3) is 11.3 Å². The monoisotopic (exact) mass is 269 g/mol. The third-order valence-electron chi connectivity index (χ3n) is 3.41. The molecule has 5 nitrogen and oxygen atoms in total. The van der Waals surface area contributed by atoms with Gasteiger partial charge in [-0.05, 0) is 5.92 Å². The van der Waals surface area contributed by atoms with E-state index >= 15 is 0 Å². The van der Waals surface area contributed by atoms with Gasteiger partial charge >= 0.3 is 5.97 Å². The van der Waals surface area contributed by atoms with Gasteiger partial charge in [0.25, 0.3) is 0 Å². The van der Waals surface area contributed by atoms with Gasteiger partial charge < -0.3 is 10.0 Å². The second-order valence-corrected chi connectivity index (χ2v) is 5.11. The van der Waals surface area contributed by atoms with Crippen LogP contribution in [0.3, 0.4) is 0 Å². The Balaban J connectivity index is 2.07. The summed E-state index contributed by atoms with van der Waals surface area (Å²) in [5, 5.41) is 9.06. The first-order chi connectivity index (χ1) is 9.65. The lowest BCUT2D eigenvalue weighted by atomic mass is 10.0. The van der Waals surface area contributed by atoms with Crippen molar-refractivity contribution < 1.29 is 9.90 Å². The van der Waals surface area contributed by atoms with Gasteiger partial charge in [0.05, 0.1) is 17.6 Å². The lowest BCUT2D eigenvalue weighted by Gasteiger charge is -2.39. The largest absolute Gasteiger partial charge is 0.475 e. The van der Waals surface area contributed by atoms with E-state index in [1.54, 1.807) is 6.20 Å². The van der Waals surface area contributed by atoms with Gasteiger partial charge in [-0.15, -0.1) is 0 Å². The maximum absolute atomic E-state index is 11.1. The highest BCUT2D eigenvalue weighted by atomic mass is 16.4. The van der Waals surface area contributed by atoms with Crippen molar-refractivity contribution in [1.82, 2.24) is 9.97 Å². The predicted octanol–water partition coefficient (Wildman–Crippen LogP) is 2.30. The second-order valence-electron chi connectivity index (χ2n) is 5.11. The normalized spacial score (nSPS) is 14.9. The van der Waals surface area contributed by atoms with Crippen LogP contribution in [0.15, 0.2) is 36.5 Å². The van der Waals surface area contributed by atoms with Crippen molar-refractivity contribution >= 4 is 11.7 Å². The van der Waals surface area contributed by atoms with Crippen molar-refractivity contribution in [3.05, 3.63) is 42.4 Å². The molecule has 102 valence electrons. The molecule has 2 aromatic rings. The number of aromatic nitrogens is 2. The van der Waals surface area contributed by atoms with Gasteiger partial charge in [0.2, 0.25) is 5.82 Å². The zero-order valence-corrected chi connectivity index (χ0v) is 11.2. The van der Waals surface area contributed by atoms with E-state index in [0.29, 0.717) is 11.6 Å². The van der Waals surface area contributed by atoms with Gasteiger partial charge in [0, 0.05) is 18.7 Å². The van der Waals surface area contributed by atoms with Crippen LogP contribution in [-0.2, 0) is 0 Å². The lowest BCUT2D eigenvalue weighted by Crippen LogP contribution is -2.45. The van der Waals surface area contributed by atoms with Crippen LogP contribution < -0.4 is 4.90 Å². The number of carboxylic acids is 1. The highest BCUT2D eigenvalue weighted by molar-refractivity contribution is 5.85. The third-order valence-corrected chi connectivity index (χ3v) is 3.41. The van der Waals surface area contributed by atoms with E-state index in [1.807, 2.05) is 30.3 Å². The van der Waals surface area contributed by atoms with Crippen molar-refractivity contribution in [2.24, 2.45) is 5.92 Å². The Hall–Kier alpha value is -2.43. The molecule has 0 spiro atoms. The fraction of sp³-hybridized carbons (Fsp3) is 0.267. The summed E-state index contributed by atoms with van der Waals surface area (Å²) in [6.45, 7) is 4.09. The van der Waals surface area contributed by atoms with Crippen LogP contribution >= 0.6 is 0 Å². The number of anilines is 1. The topological polar surface area (TPSA) is 66.3 Å². The summed E-state index contributed by atoms with van der Waals surface area (Å²) in [5.74, 6) is -0.621. The van der Waals surface area contributed by atoms with Gasteiger partial charge in [0.1, 0.15) is 0 Å². The molecule has 0 amide bonds. The van der Waals surface area contributed by atoms with E-state index in [1.165, 1.54) is 0 Å². The highest BCUT2D eigenvalue weighted by Gasteiger charge is 2.26. The first kappa shape index (κ1) is 12.6. The van der Waals surface area contributed by atoms with E-state index in [0.717, 1.165) is 24.3 Å². The van der Waals surface area contributed by atoms with E-state index in [4.69, 9.17) is 5.11 Å². The molecule has 1 aliphatic rings. The lowest BCUT2D eigenvalue weighted by molar-refractivity contribution is 0.0683. The number of aromatic carboxylic acids is 1. The van der Waals surface area contributed by atoms with Crippen molar-refractivity contribution in [2.45, 2.75) is 6.92 Å². The average Bonchev–Trinajstić information content (AvgIpc) is 2.44. The smallest absolute Gasteiger partial charge is 0.373 e. The highest BCUT2D eigenvalue weighted by Crippen LogP contribution is 2.32. The van der Waals surface area contributed by atoms with Gasteiger partial charge in [-0.3, -0.25) is 0 Å². The van der Waals surface area contributed by atoms with Crippen molar-refractivity contribution in [1.29, 1.82) is 0 Å². The van der Waals surface area contributed by atoms with Crippen LogP contribution in [0.1, 0.15) is 17.5 Å². The molecule has 0 atom stereocenters. The Morgan fingerprint density at radius 1 is 1.30 bits per heavy atom. The minimum atomic E-state index is -1.11. The van der Waals surface area contributed by atoms with Crippen LogP contribution in [-0.4, -0.2) is 34.1 Å². The predicted molar refractivity (Wildman–Crippen MR) is 75.8 cm³/mol. The summed E-state index contributed by atoms with van der Waals surface area (Å²) in [5.41, 5.74) is 2.50. The molecule has 0 bridgehead atoms. The van der Waals surface area contributed by atoms with Gasteiger partial charge in [-0.2, -0.15) is 0 Å². The quantitative estimate of drug-likeness (QED) is 0.926. The molecule has 1 fully saturated rings. The Labute approximate surface area is 116 Å². The van der Waals surface area contributed by atoms with Crippen LogP contribution in [0.5, 0.6) is 0 Å². The van der Waals surface area contributed by atoms with E-state index in [9.17, 15) is 4.79 Å². The molecule has 0 radical (unpaired) electrons. The zero-order valence-electron chi connectivity index (χ0n) is 11.2. The maximum atomic E-state index is 11.1. The van der Waals surface area contributed by atoms with Crippen LogP contribution in [0.4, 0.5) is 5.69 Å². The SMILES string of the molecule is CC1CN(c2cnc(C(=O)O)nc2-c2ccccc2)C1. The number of hydrogen-bond donors (Lipinski definition) is 1. The number of hydrogen-bond acceptors (Lipinski definition) is 4. The zero-order chi connectivity index (χ0) is 14.1. The molecular formula is C15H15N3O2. The summed E-state index contributed by atoms with van der Waals surface area (Å²) in [7, 11) is 0. The Morgan fingerprint density at radius 2 is 2.00 bits per heavy atom. The molecule has 1 N–H and O–H groups in total. The molecule has 1 aromatic heterocycles. The molecule has 3 rings (SSSR count). The molecule has 20 heavy (non-hydrogen) atoms. The Morgan fingerprint density at radius 3 is 2.60 bits per heavy atom. The fourth-order valence-electron chi connectivity index (χ4n) is 2.41. The average molecular weight is 269 g/mol. The van der Waals surface area contributed by atoms with E-state index < -0.39 is 5.97 Å². The molecule has 1 aliphatic heterocycles. The maximum Gasteiger partial charge on any atom is 0.373 e. The first-order valence-electron chi connectivity index (χ1n) is 6.56. The summed E-state index contributed by atoms with van der Waals surface area (Å²) in [4.78, 5) is 21.4. The summed E-state index contributed by atoms with van der Waals surface area (Å²) in [6, 6.07) is 9.62. The van der Waals surface area contributed by atoms with Crippen molar-refractivity contribution in [3.63, 3.8) is 0 Å². The van der Waals surface area contributed by atoms with E-state index in [2.05, 4.69) is 21.8 Å². The summed E-state index contributed by atoms with van der Waals surface area (Å²) >= 11 is 0. The number of carboxylic acid groups (broad SMARTS) is 1. The molecular weight excluding hydrogens is 254 g/mol. The molecule has 5 heteroatoms. The minimum Gasteiger partial charge on any atom is -0.475 e. The molecule has 0 saturated carbocycles. The first-order valence-corrected chi connectivity index (χ1v) is 6.56. The molecule has 0 aliphatic carbocycles. The third kappa shape index (κ3) is 2.22. The number of carbonyl (C=O) groups is 1. The summed E-state index contributed by atoms with van der Waals surface area (Å²) in [6.07, 6.45) is 1.62. The van der Waals surface area contributed by atoms with Crippen LogP contribution in [0.2, 0.25) is 0 Å². The fourth-order valence-corrected chi connectivity index (χ4v) is 2.41. The minimum absolute atomic E-state index is 0.166. The Kier molecular flexibility index (Phi) is 3.10. The van der Waals surface area contributed by atoms with Crippen molar-refractivity contribution in [2.75, 3.05) is 18.0 Å². The summed E-state index contributed by atoms with van der Waals surface area (Å²) < 4.78 is 0. The molecule has 2 heterocycles. The van der Waals surface area contributed by atoms with Crippen molar-refractivity contribution in [3.8, 4) is 11.3 Å². The number of rotatable bonds is 3. The Bertz CT molecular complexity index is 637. The van der Waals surface area contributed by atoms with Crippen LogP contribution in [0, 0.1) is 5.92 Å². The molecule has 0 unspecified atom stereocenters. The molecule has 1 aromatic carbocycles. The van der Waals surface area contributed by atoms with Gasteiger partial charge in [0.15, 0.2) is 0 Å². The standard InChI is InChI=1S/C15H15N3O2/c1-10-8-18(9-10)12-7-16-14(15(19)20)17-13(12)11-5-3-2-4-6-11/h2-7,10H,8-9H2,1H3,(H,19,20). The number of nitrogens with zero attached hydrogens (tertiary/aromatic N) is 3. The van der Waals surface area contributed by atoms with E-state index in [-0.39, 0.29) is 5.82 Å². The molecule has 1 saturated heterocycles. The second kappa shape index (κ2) is 4.92. The van der Waals surface area contributed by atoms with Gasteiger partial charge in [-0.1, -0.05) is 37.3 Å².